The van der Waals surface area contributed by atoms with Crippen molar-refractivity contribution in [2.45, 2.75) is 45.2 Å². The van der Waals surface area contributed by atoms with Gasteiger partial charge in [0.15, 0.2) is 5.96 Å². The molecular weight excluding hydrogens is 200 g/mol. The molecule has 0 aromatic rings. The van der Waals surface area contributed by atoms with Crippen molar-refractivity contribution in [2.75, 3.05) is 26.2 Å². The fourth-order valence-electron chi connectivity index (χ4n) is 2.90. The van der Waals surface area contributed by atoms with E-state index in [-0.39, 0.29) is 5.54 Å². The van der Waals surface area contributed by atoms with Gasteiger partial charge in [-0.2, -0.15) is 0 Å². The number of likely N-dealkylation sites (tertiary alicyclic amines) is 1. The number of guanidine groups is 1. The van der Waals surface area contributed by atoms with Crippen LogP contribution in [0.25, 0.3) is 0 Å². The van der Waals surface area contributed by atoms with Gasteiger partial charge >= 0.3 is 0 Å². The quantitative estimate of drug-likeness (QED) is 0.774. The van der Waals surface area contributed by atoms with E-state index in [4.69, 9.17) is 5.73 Å². The summed E-state index contributed by atoms with van der Waals surface area (Å²) in [5, 5.41) is 0. The van der Waals surface area contributed by atoms with Crippen LogP contribution in [-0.2, 0) is 0 Å². The Labute approximate surface area is 98.5 Å². The minimum atomic E-state index is 0.213. The van der Waals surface area contributed by atoms with Crippen LogP contribution in [0, 0.1) is 0 Å². The molecule has 0 aliphatic carbocycles. The molecule has 0 aromatic carbocycles. The molecule has 92 valence electrons. The lowest BCUT2D eigenvalue weighted by molar-refractivity contribution is 0.181. The third-order valence-corrected chi connectivity index (χ3v) is 3.92. The molecule has 1 atom stereocenters. The molecule has 2 heterocycles. The maximum atomic E-state index is 6.00. The Hall–Kier alpha value is -0.770. The molecule has 4 heteroatoms. The van der Waals surface area contributed by atoms with Crippen LogP contribution in [0.15, 0.2) is 4.99 Å². The molecule has 1 spiro atoms. The molecule has 0 amide bonds. The third kappa shape index (κ3) is 1.79. The third-order valence-electron chi connectivity index (χ3n) is 3.92. The summed E-state index contributed by atoms with van der Waals surface area (Å²) in [5.74, 6) is 0.757. The molecule has 1 fully saturated rings. The van der Waals surface area contributed by atoms with E-state index < -0.39 is 0 Å². The largest absolute Gasteiger partial charge is 0.370 e. The number of nitrogens with zero attached hydrogens (tertiary/aromatic N) is 3. The summed E-state index contributed by atoms with van der Waals surface area (Å²) in [6, 6.07) is 0.629. The van der Waals surface area contributed by atoms with Crippen molar-refractivity contribution in [3.05, 3.63) is 0 Å². The topological polar surface area (TPSA) is 44.9 Å². The SMILES string of the molecule is CCCN1C(N)=NCC12CCN(C(C)C)C2. The van der Waals surface area contributed by atoms with Crippen LogP contribution in [0.1, 0.15) is 33.6 Å². The van der Waals surface area contributed by atoms with E-state index in [1.54, 1.807) is 0 Å². The Bertz CT molecular complexity index is 287. The minimum absolute atomic E-state index is 0.213. The Morgan fingerprint density at radius 3 is 2.81 bits per heavy atom. The first-order chi connectivity index (χ1) is 7.59. The fourth-order valence-corrected chi connectivity index (χ4v) is 2.90. The minimum Gasteiger partial charge on any atom is -0.370 e. The van der Waals surface area contributed by atoms with Gasteiger partial charge < -0.3 is 10.6 Å². The van der Waals surface area contributed by atoms with Crippen LogP contribution < -0.4 is 5.73 Å². The van der Waals surface area contributed by atoms with Gasteiger partial charge in [-0.3, -0.25) is 9.89 Å². The molecule has 0 saturated carbocycles. The van der Waals surface area contributed by atoms with Gasteiger partial charge in [-0.25, -0.2) is 0 Å². The lowest BCUT2D eigenvalue weighted by atomic mass is 9.97. The average Bonchev–Trinajstić information content (AvgIpc) is 2.79. The first kappa shape index (κ1) is 11.7. The van der Waals surface area contributed by atoms with Crippen molar-refractivity contribution in [1.82, 2.24) is 9.80 Å². The zero-order valence-corrected chi connectivity index (χ0v) is 10.7. The number of aliphatic imine (C=N–C) groups is 1. The van der Waals surface area contributed by atoms with Crippen molar-refractivity contribution in [3.63, 3.8) is 0 Å². The van der Waals surface area contributed by atoms with Crippen LogP contribution in [0.5, 0.6) is 0 Å². The van der Waals surface area contributed by atoms with E-state index in [1.165, 1.54) is 13.0 Å². The summed E-state index contributed by atoms with van der Waals surface area (Å²) in [4.78, 5) is 9.34. The maximum Gasteiger partial charge on any atom is 0.191 e. The predicted molar refractivity (Wildman–Crippen MR) is 67.5 cm³/mol. The number of hydrogen-bond acceptors (Lipinski definition) is 4. The molecule has 1 saturated heterocycles. The number of hydrogen-bond donors (Lipinski definition) is 1. The lowest BCUT2D eigenvalue weighted by Gasteiger charge is -2.36. The van der Waals surface area contributed by atoms with Crippen molar-refractivity contribution < 1.29 is 0 Å². The molecule has 0 radical (unpaired) electrons. The Balaban J connectivity index is 2.09. The molecule has 1 unspecified atom stereocenters. The lowest BCUT2D eigenvalue weighted by Crippen LogP contribution is -2.53. The van der Waals surface area contributed by atoms with Crippen LogP contribution in [0.2, 0.25) is 0 Å². The summed E-state index contributed by atoms with van der Waals surface area (Å²) in [6.07, 6.45) is 2.34. The smallest absolute Gasteiger partial charge is 0.191 e. The fraction of sp³-hybridized carbons (Fsp3) is 0.917. The molecule has 2 N–H and O–H groups in total. The highest BCUT2D eigenvalue weighted by molar-refractivity contribution is 5.81. The molecule has 2 aliphatic heterocycles. The second kappa shape index (κ2) is 4.24. The number of nitrogens with two attached hydrogens (primary N) is 1. The molecular formula is C12H24N4. The van der Waals surface area contributed by atoms with Gasteiger partial charge in [0, 0.05) is 25.7 Å². The van der Waals surface area contributed by atoms with Gasteiger partial charge in [0.1, 0.15) is 0 Å². The maximum absolute atomic E-state index is 6.00. The van der Waals surface area contributed by atoms with Gasteiger partial charge in [-0.15, -0.1) is 0 Å². The van der Waals surface area contributed by atoms with Gasteiger partial charge in [0.25, 0.3) is 0 Å². The summed E-state index contributed by atoms with van der Waals surface area (Å²) < 4.78 is 0. The zero-order chi connectivity index (χ0) is 11.8. The van der Waals surface area contributed by atoms with Crippen molar-refractivity contribution in [2.24, 2.45) is 10.7 Å². The molecule has 2 rings (SSSR count). The van der Waals surface area contributed by atoms with E-state index >= 15 is 0 Å². The summed E-state index contributed by atoms with van der Waals surface area (Å²) in [5.41, 5.74) is 6.21. The van der Waals surface area contributed by atoms with Gasteiger partial charge in [-0.1, -0.05) is 6.92 Å². The van der Waals surface area contributed by atoms with Gasteiger partial charge in [0.05, 0.1) is 12.1 Å². The molecule has 4 nitrogen and oxygen atoms in total. The van der Waals surface area contributed by atoms with Crippen LogP contribution in [-0.4, -0.2) is 53.5 Å². The molecule has 0 bridgehead atoms. The van der Waals surface area contributed by atoms with Crippen LogP contribution in [0.4, 0.5) is 0 Å². The second-order valence-electron chi connectivity index (χ2n) is 5.36. The first-order valence-corrected chi connectivity index (χ1v) is 6.41. The van der Waals surface area contributed by atoms with Crippen molar-refractivity contribution in [1.29, 1.82) is 0 Å². The van der Waals surface area contributed by atoms with E-state index in [9.17, 15) is 0 Å². The average molecular weight is 224 g/mol. The van der Waals surface area contributed by atoms with Crippen LogP contribution >= 0.6 is 0 Å². The highest BCUT2D eigenvalue weighted by Gasteiger charge is 2.47. The van der Waals surface area contributed by atoms with Gasteiger partial charge in [-0.05, 0) is 26.7 Å². The Kier molecular flexibility index (Phi) is 3.10. The normalized spacial score (nSPS) is 30.8. The van der Waals surface area contributed by atoms with Crippen molar-refractivity contribution >= 4 is 5.96 Å². The van der Waals surface area contributed by atoms with E-state index in [0.29, 0.717) is 6.04 Å². The second-order valence-corrected chi connectivity index (χ2v) is 5.36. The summed E-state index contributed by atoms with van der Waals surface area (Å²) in [7, 11) is 0. The Morgan fingerprint density at radius 2 is 2.25 bits per heavy atom. The predicted octanol–water partition coefficient (Wildman–Crippen LogP) is 0.880. The van der Waals surface area contributed by atoms with E-state index in [2.05, 4.69) is 35.6 Å². The molecule has 2 aliphatic rings. The Morgan fingerprint density at radius 1 is 1.50 bits per heavy atom. The molecule has 16 heavy (non-hydrogen) atoms. The monoisotopic (exact) mass is 224 g/mol. The standard InChI is InChI=1S/C12H24N4/c1-4-6-16-11(13)14-8-12(16)5-7-15(9-12)10(2)3/h10H,4-9H2,1-3H3,(H2,13,14). The van der Waals surface area contributed by atoms with E-state index in [0.717, 1.165) is 32.0 Å². The summed E-state index contributed by atoms with van der Waals surface area (Å²) >= 11 is 0. The first-order valence-electron chi connectivity index (χ1n) is 6.41. The zero-order valence-electron chi connectivity index (χ0n) is 10.7. The summed E-state index contributed by atoms with van der Waals surface area (Å²) in [6.45, 7) is 11.0. The van der Waals surface area contributed by atoms with Gasteiger partial charge in [0.2, 0.25) is 0 Å². The number of rotatable bonds is 3. The molecule has 0 aromatic heterocycles. The highest BCUT2D eigenvalue weighted by atomic mass is 15.4. The van der Waals surface area contributed by atoms with E-state index in [1.807, 2.05) is 0 Å². The highest BCUT2D eigenvalue weighted by Crippen LogP contribution is 2.33. The van der Waals surface area contributed by atoms with Crippen LogP contribution in [0.3, 0.4) is 0 Å². The van der Waals surface area contributed by atoms with Crippen molar-refractivity contribution in [3.8, 4) is 0 Å².